The molecule has 3 rings (SSSR count). The lowest BCUT2D eigenvalue weighted by atomic mass is 10.1. The molecule has 0 bridgehead atoms. The standard InChI is InChI=1S/C21H22N4O3/c1-12-5-6-25(11-17-10-22-15(4)9-23-17)21(28)18(12)20(27)24-16-7-13(2)19(26)14(3)8-16/h5-10,26H,11H2,1-4H3,(H,24,27). The van der Waals surface area contributed by atoms with E-state index in [1.165, 1.54) is 4.57 Å². The van der Waals surface area contributed by atoms with Gasteiger partial charge in [0.1, 0.15) is 11.3 Å². The van der Waals surface area contributed by atoms with Gasteiger partial charge in [-0.05, 0) is 62.6 Å². The number of phenols is 1. The molecule has 7 heteroatoms. The minimum Gasteiger partial charge on any atom is -0.507 e. The Balaban J connectivity index is 1.92. The topological polar surface area (TPSA) is 97.1 Å². The molecule has 2 aromatic heterocycles. The lowest BCUT2D eigenvalue weighted by Gasteiger charge is -2.12. The Labute approximate surface area is 162 Å². The minimum atomic E-state index is -0.490. The molecule has 0 spiro atoms. The van der Waals surface area contributed by atoms with Gasteiger partial charge in [0.15, 0.2) is 0 Å². The smallest absolute Gasteiger partial charge is 0.264 e. The van der Waals surface area contributed by atoms with Crippen LogP contribution in [-0.4, -0.2) is 25.5 Å². The van der Waals surface area contributed by atoms with Crippen LogP contribution >= 0.6 is 0 Å². The van der Waals surface area contributed by atoms with Gasteiger partial charge >= 0.3 is 0 Å². The van der Waals surface area contributed by atoms with E-state index in [1.807, 2.05) is 6.92 Å². The highest BCUT2D eigenvalue weighted by Gasteiger charge is 2.17. The monoisotopic (exact) mass is 378 g/mol. The number of hydrogen-bond acceptors (Lipinski definition) is 5. The number of amides is 1. The first-order chi connectivity index (χ1) is 13.3. The molecular formula is C21H22N4O3. The molecule has 0 aliphatic carbocycles. The summed E-state index contributed by atoms with van der Waals surface area (Å²) in [7, 11) is 0. The third-order valence-corrected chi connectivity index (χ3v) is 4.52. The fourth-order valence-electron chi connectivity index (χ4n) is 2.96. The molecule has 0 saturated carbocycles. The largest absolute Gasteiger partial charge is 0.507 e. The Hall–Kier alpha value is -3.48. The van der Waals surface area contributed by atoms with Crippen molar-refractivity contribution in [3.05, 3.63) is 80.8 Å². The van der Waals surface area contributed by atoms with Crippen LogP contribution in [0.25, 0.3) is 0 Å². The van der Waals surface area contributed by atoms with Gasteiger partial charge in [0.05, 0.1) is 24.1 Å². The van der Waals surface area contributed by atoms with Gasteiger partial charge in [0, 0.05) is 18.1 Å². The molecule has 0 atom stereocenters. The molecule has 0 aliphatic rings. The van der Waals surface area contributed by atoms with Crippen LogP contribution in [0.15, 0.2) is 41.6 Å². The Morgan fingerprint density at radius 1 is 1.07 bits per heavy atom. The van der Waals surface area contributed by atoms with Crippen molar-refractivity contribution in [2.45, 2.75) is 34.2 Å². The highest BCUT2D eigenvalue weighted by atomic mass is 16.3. The second-order valence-electron chi connectivity index (χ2n) is 6.87. The maximum Gasteiger partial charge on any atom is 0.264 e. The minimum absolute atomic E-state index is 0.0750. The summed E-state index contributed by atoms with van der Waals surface area (Å²) < 4.78 is 1.44. The fraction of sp³-hybridized carbons (Fsp3) is 0.238. The first-order valence-electron chi connectivity index (χ1n) is 8.85. The molecule has 2 N–H and O–H groups in total. The number of phenolic OH excluding ortho intramolecular Hbond substituents is 1. The van der Waals surface area contributed by atoms with Crippen LogP contribution in [0.1, 0.15) is 38.4 Å². The lowest BCUT2D eigenvalue weighted by Crippen LogP contribution is -2.30. The number of pyridine rings is 1. The number of aromatic hydroxyl groups is 1. The lowest BCUT2D eigenvalue weighted by molar-refractivity contribution is 0.102. The zero-order chi connectivity index (χ0) is 20.4. The summed E-state index contributed by atoms with van der Waals surface area (Å²) in [5.41, 5.74) is 3.51. The number of aromatic nitrogens is 3. The number of benzene rings is 1. The van der Waals surface area contributed by atoms with E-state index < -0.39 is 11.5 Å². The molecule has 0 aliphatic heterocycles. The molecule has 1 amide bonds. The first kappa shape index (κ1) is 19.3. The van der Waals surface area contributed by atoms with Crippen molar-refractivity contribution in [3.8, 4) is 5.75 Å². The van der Waals surface area contributed by atoms with E-state index >= 15 is 0 Å². The maximum atomic E-state index is 12.9. The molecule has 0 radical (unpaired) electrons. The van der Waals surface area contributed by atoms with E-state index in [9.17, 15) is 14.7 Å². The van der Waals surface area contributed by atoms with E-state index in [4.69, 9.17) is 0 Å². The van der Waals surface area contributed by atoms with E-state index in [-0.39, 0.29) is 17.9 Å². The van der Waals surface area contributed by atoms with Crippen LogP contribution < -0.4 is 10.9 Å². The van der Waals surface area contributed by atoms with Gasteiger partial charge in [-0.15, -0.1) is 0 Å². The molecule has 0 fully saturated rings. The number of hydrogen-bond donors (Lipinski definition) is 2. The van der Waals surface area contributed by atoms with Crippen LogP contribution in [0.4, 0.5) is 5.69 Å². The molecule has 28 heavy (non-hydrogen) atoms. The van der Waals surface area contributed by atoms with Gasteiger partial charge in [-0.2, -0.15) is 0 Å². The number of nitrogens with one attached hydrogen (secondary N) is 1. The normalized spacial score (nSPS) is 10.7. The molecule has 144 valence electrons. The summed E-state index contributed by atoms with van der Waals surface area (Å²) >= 11 is 0. The number of nitrogens with zero attached hydrogens (tertiary/aromatic N) is 3. The summed E-state index contributed by atoms with van der Waals surface area (Å²) in [4.78, 5) is 34.1. The highest BCUT2D eigenvalue weighted by molar-refractivity contribution is 6.05. The summed E-state index contributed by atoms with van der Waals surface area (Å²) in [6, 6.07) is 5.06. The van der Waals surface area contributed by atoms with E-state index in [1.54, 1.807) is 57.6 Å². The van der Waals surface area contributed by atoms with Crippen LogP contribution in [0.2, 0.25) is 0 Å². The predicted octanol–water partition coefficient (Wildman–Crippen LogP) is 2.88. The third-order valence-electron chi connectivity index (χ3n) is 4.52. The molecule has 7 nitrogen and oxygen atoms in total. The molecule has 3 aromatic rings. The van der Waals surface area contributed by atoms with Gasteiger partial charge < -0.3 is 15.0 Å². The summed E-state index contributed by atoms with van der Waals surface area (Å²) in [5, 5.41) is 12.6. The molecule has 1 aromatic carbocycles. The van der Waals surface area contributed by atoms with Crippen LogP contribution in [0.3, 0.4) is 0 Å². The molecule has 0 unspecified atom stereocenters. The Morgan fingerprint density at radius 3 is 2.36 bits per heavy atom. The van der Waals surface area contributed by atoms with E-state index in [0.717, 1.165) is 5.69 Å². The zero-order valence-electron chi connectivity index (χ0n) is 16.3. The number of carbonyl (C=O) groups excluding carboxylic acids is 1. The van der Waals surface area contributed by atoms with Crippen molar-refractivity contribution in [2.24, 2.45) is 0 Å². The summed E-state index contributed by atoms with van der Waals surface area (Å²) in [5.74, 6) is -0.299. The van der Waals surface area contributed by atoms with Crippen molar-refractivity contribution in [1.82, 2.24) is 14.5 Å². The molecular weight excluding hydrogens is 356 g/mol. The van der Waals surface area contributed by atoms with Gasteiger partial charge in [-0.25, -0.2) is 0 Å². The van der Waals surface area contributed by atoms with Gasteiger partial charge in [0.2, 0.25) is 0 Å². The third kappa shape index (κ3) is 3.93. The van der Waals surface area contributed by atoms with Crippen molar-refractivity contribution in [2.75, 3.05) is 5.32 Å². The van der Waals surface area contributed by atoms with Crippen LogP contribution in [0.5, 0.6) is 5.75 Å². The van der Waals surface area contributed by atoms with Gasteiger partial charge in [0.25, 0.3) is 11.5 Å². The Kier molecular flexibility index (Phi) is 5.26. The number of rotatable bonds is 4. The van der Waals surface area contributed by atoms with Crippen molar-refractivity contribution in [1.29, 1.82) is 0 Å². The second kappa shape index (κ2) is 7.64. The average molecular weight is 378 g/mol. The summed E-state index contributed by atoms with van der Waals surface area (Å²) in [6.07, 6.45) is 4.89. The average Bonchev–Trinajstić information content (AvgIpc) is 2.64. The molecule has 2 heterocycles. The van der Waals surface area contributed by atoms with Crippen molar-refractivity contribution < 1.29 is 9.90 Å². The Bertz CT molecular complexity index is 1080. The molecule has 0 saturated heterocycles. The second-order valence-corrected chi connectivity index (χ2v) is 6.87. The van der Waals surface area contributed by atoms with Crippen LogP contribution in [-0.2, 0) is 6.54 Å². The highest BCUT2D eigenvalue weighted by Crippen LogP contribution is 2.25. The first-order valence-corrected chi connectivity index (χ1v) is 8.85. The summed E-state index contributed by atoms with van der Waals surface area (Å²) in [6.45, 7) is 7.29. The number of carbonyl (C=O) groups is 1. The Morgan fingerprint density at radius 2 is 1.75 bits per heavy atom. The van der Waals surface area contributed by atoms with E-state index in [0.29, 0.717) is 28.1 Å². The van der Waals surface area contributed by atoms with Gasteiger partial charge in [-0.3, -0.25) is 19.6 Å². The fourth-order valence-corrected chi connectivity index (χ4v) is 2.96. The van der Waals surface area contributed by atoms with Crippen molar-refractivity contribution in [3.63, 3.8) is 0 Å². The predicted molar refractivity (Wildman–Crippen MR) is 107 cm³/mol. The van der Waals surface area contributed by atoms with E-state index in [2.05, 4.69) is 15.3 Å². The van der Waals surface area contributed by atoms with Crippen molar-refractivity contribution >= 4 is 11.6 Å². The van der Waals surface area contributed by atoms with Crippen LogP contribution in [0, 0.1) is 27.7 Å². The number of aryl methyl sites for hydroxylation is 4. The van der Waals surface area contributed by atoms with Gasteiger partial charge in [-0.1, -0.05) is 0 Å². The zero-order valence-corrected chi connectivity index (χ0v) is 16.3. The maximum absolute atomic E-state index is 12.9. The quantitative estimate of drug-likeness (QED) is 0.681. The number of anilines is 1. The SMILES string of the molecule is Cc1cnc(Cn2ccc(C)c(C(=O)Nc3cc(C)c(O)c(C)c3)c2=O)cn1.